The first-order valence-electron chi connectivity index (χ1n) is 5.49. The molecular weight excluding hydrogens is 194 g/mol. The van der Waals surface area contributed by atoms with Gasteiger partial charge < -0.3 is 19.5 Å². The SMILES string of the molecule is CC(CO)N(C)CC1(C=O)CCOCC1. The number of hydrogen-bond acceptors (Lipinski definition) is 4. The third-order valence-electron chi connectivity index (χ3n) is 3.32. The van der Waals surface area contributed by atoms with Crippen molar-refractivity contribution in [3.05, 3.63) is 0 Å². The van der Waals surface area contributed by atoms with Crippen LogP contribution in [0, 0.1) is 5.41 Å². The van der Waals surface area contributed by atoms with Crippen LogP contribution >= 0.6 is 0 Å². The Morgan fingerprint density at radius 2 is 2.13 bits per heavy atom. The van der Waals surface area contributed by atoms with E-state index in [1.165, 1.54) is 0 Å². The lowest BCUT2D eigenvalue weighted by molar-refractivity contribution is -0.123. The molecule has 88 valence electrons. The number of ether oxygens (including phenoxy) is 1. The summed E-state index contributed by atoms with van der Waals surface area (Å²) in [5.74, 6) is 0. The average Bonchev–Trinajstić information content (AvgIpc) is 2.29. The molecule has 1 atom stereocenters. The van der Waals surface area contributed by atoms with E-state index in [9.17, 15) is 4.79 Å². The summed E-state index contributed by atoms with van der Waals surface area (Å²) in [5.41, 5.74) is -0.267. The van der Waals surface area contributed by atoms with Crippen LogP contribution in [0.1, 0.15) is 19.8 Å². The van der Waals surface area contributed by atoms with Crippen molar-refractivity contribution >= 4 is 6.29 Å². The van der Waals surface area contributed by atoms with Gasteiger partial charge in [0.1, 0.15) is 6.29 Å². The monoisotopic (exact) mass is 215 g/mol. The number of rotatable bonds is 5. The van der Waals surface area contributed by atoms with Crippen molar-refractivity contribution in [1.82, 2.24) is 4.90 Å². The first-order chi connectivity index (χ1) is 7.13. The van der Waals surface area contributed by atoms with Gasteiger partial charge >= 0.3 is 0 Å². The normalized spacial score (nSPS) is 22.7. The van der Waals surface area contributed by atoms with E-state index in [2.05, 4.69) is 0 Å². The Kier molecular flexibility index (Phi) is 4.70. The van der Waals surface area contributed by atoms with Crippen LogP contribution in [-0.4, -0.2) is 55.7 Å². The standard InChI is InChI=1S/C11H21NO3/c1-10(7-13)12(2)8-11(9-14)3-5-15-6-4-11/h9-10,13H,3-8H2,1-2H3. The molecule has 15 heavy (non-hydrogen) atoms. The molecule has 1 heterocycles. The van der Waals surface area contributed by atoms with Gasteiger partial charge in [-0.25, -0.2) is 0 Å². The van der Waals surface area contributed by atoms with Gasteiger partial charge in [0.05, 0.1) is 6.61 Å². The fourth-order valence-electron chi connectivity index (χ4n) is 1.88. The maximum Gasteiger partial charge on any atom is 0.127 e. The van der Waals surface area contributed by atoms with Crippen LogP contribution in [0.3, 0.4) is 0 Å². The van der Waals surface area contributed by atoms with Gasteiger partial charge in [0, 0.05) is 31.2 Å². The summed E-state index contributed by atoms with van der Waals surface area (Å²) in [5, 5.41) is 9.04. The average molecular weight is 215 g/mol. The number of likely N-dealkylation sites (N-methyl/N-ethyl adjacent to an activating group) is 1. The van der Waals surface area contributed by atoms with E-state index in [1.54, 1.807) is 0 Å². The van der Waals surface area contributed by atoms with Crippen LogP contribution in [0.2, 0.25) is 0 Å². The molecule has 1 rings (SSSR count). The fraction of sp³-hybridized carbons (Fsp3) is 0.909. The Morgan fingerprint density at radius 3 is 2.60 bits per heavy atom. The highest BCUT2D eigenvalue weighted by Gasteiger charge is 2.34. The molecule has 0 bridgehead atoms. The first-order valence-corrected chi connectivity index (χ1v) is 5.49. The quantitative estimate of drug-likeness (QED) is 0.670. The molecule has 0 aliphatic carbocycles. The molecule has 0 aromatic heterocycles. The molecule has 1 saturated heterocycles. The van der Waals surface area contributed by atoms with Gasteiger partial charge in [0.15, 0.2) is 0 Å². The van der Waals surface area contributed by atoms with Crippen LogP contribution in [0.15, 0.2) is 0 Å². The topological polar surface area (TPSA) is 49.8 Å². The molecule has 1 aliphatic heterocycles. The third-order valence-corrected chi connectivity index (χ3v) is 3.32. The maximum absolute atomic E-state index is 11.2. The van der Waals surface area contributed by atoms with E-state index in [1.807, 2.05) is 18.9 Å². The molecule has 1 unspecified atom stereocenters. The second-order valence-electron chi connectivity index (χ2n) is 4.54. The highest BCUT2D eigenvalue weighted by atomic mass is 16.5. The van der Waals surface area contributed by atoms with Gasteiger partial charge in [0.2, 0.25) is 0 Å². The van der Waals surface area contributed by atoms with Crippen molar-refractivity contribution in [2.24, 2.45) is 5.41 Å². The van der Waals surface area contributed by atoms with E-state index in [0.717, 1.165) is 19.1 Å². The summed E-state index contributed by atoms with van der Waals surface area (Å²) in [7, 11) is 1.95. The largest absolute Gasteiger partial charge is 0.395 e. The molecule has 4 heteroatoms. The van der Waals surface area contributed by atoms with E-state index < -0.39 is 0 Å². The number of nitrogens with zero attached hydrogens (tertiary/aromatic N) is 1. The minimum absolute atomic E-state index is 0.102. The Morgan fingerprint density at radius 1 is 1.53 bits per heavy atom. The zero-order valence-electron chi connectivity index (χ0n) is 9.61. The predicted octanol–water partition coefficient (Wildman–Crippen LogP) is 0.295. The second-order valence-corrected chi connectivity index (χ2v) is 4.54. The minimum Gasteiger partial charge on any atom is -0.395 e. The van der Waals surface area contributed by atoms with Crippen molar-refractivity contribution in [3.8, 4) is 0 Å². The molecule has 1 aliphatic rings. The second kappa shape index (κ2) is 5.58. The molecule has 0 aromatic carbocycles. The number of carbonyl (C=O) groups excluding carboxylic acids is 1. The first kappa shape index (κ1) is 12.6. The summed E-state index contributed by atoms with van der Waals surface area (Å²) in [6, 6.07) is 0.102. The van der Waals surface area contributed by atoms with Gasteiger partial charge in [-0.2, -0.15) is 0 Å². The van der Waals surface area contributed by atoms with Crippen molar-refractivity contribution in [2.75, 3.05) is 33.4 Å². The van der Waals surface area contributed by atoms with Crippen LogP contribution < -0.4 is 0 Å². The zero-order valence-corrected chi connectivity index (χ0v) is 9.61. The number of aldehydes is 1. The molecule has 0 saturated carbocycles. The highest BCUT2D eigenvalue weighted by molar-refractivity contribution is 5.60. The highest BCUT2D eigenvalue weighted by Crippen LogP contribution is 2.29. The summed E-state index contributed by atoms with van der Waals surface area (Å²) < 4.78 is 5.27. The van der Waals surface area contributed by atoms with Gasteiger partial charge in [0.25, 0.3) is 0 Å². The summed E-state index contributed by atoms with van der Waals surface area (Å²) in [4.78, 5) is 13.2. The Hall–Kier alpha value is -0.450. The lowest BCUT2D eigenvalue weighted by atomic mass is 9.81. The molecule has 0 spiro atoms. The van der Waals surface area contributed by atoms with Crippen LogP contribution in [-0.2, 0) is 9.53 Å². The van der Waals surface area contributed by atoms with Gasteiger partial charge in [-0.05, 0) is 26.8 Å². The van der Waals surface area contributed by atoms with Gasteiger partial charge in [-0.3, -0.25) is 0 Å². The lowest BCUT2D eigenvalue weighted by Gasteiger charge is -2.37. The van der Waals surface area contributed by atoms with Crippen molar-refractivity contribution in [3.63, 3.8) is 0 Å². The van der Waals surface area contributed by atoms with E-state index in [0.29, 0.717) is 19.8 Å². The van der Waals surface area contributed by atoms with Gasteiger partial charge in [-0.1, -0.05) is 0 Å². The summed E-state index contributed by atoms with van der Waals surface area (Å²) in [6.45, 7) is 4.13. The number of aliphatic hydroxyl groups excluding tert-OH is 1. The lowest BCUT2D eigenvalue weighted by Crippen LogP contribution is -2.45. The molecule has 1 N–H and O–H groups in total. The number of aliphatic hydroxyl groups is 1. The number of hydrogen-bond donors (Lipinski definition) is 1. The Bertz CT molecular complexity index is 202. The van der Waals surface area contributed by atoms with E-state index in [-0.39, 0.29) is 18.1 Å². The molecule has 1 fully saturated rings. The molecule has 0 amide bonds. The molecule has 0 aromatic rings. The van der Waals surface area contributed by atoms with Gasteiger partial charge in [-0.15, -0.1) is 0 Å². The van der Waals surface area contributed by atoms with E-state index in [4.69, 9.17) is 9.84 Å². The Balaban J connectivity index is 2.54. The van der Waals surface area contributed by atoms with Crippen LogP contribution in [0.5, 0.6) is 0 Å². The third kappa shape index (κ3) is 3.26. The van der Waals surface area contributed by atoms with E-state index >= 15 is 0 Å². The molecule has 4 nitrogen and oxygen atoms in total. The van der Waals surface area contributed by atoms with Crippen LogP contribution in [0.4, 0.5) is 0 Å². The fourth-order valence-corrected chi connectivity index (χ4v) is 1.88. The molecule has 0 radical (unpaired) electrons. The maximum atomic E-state index is 11.2. The summed E-state index contributed by atoms with van der Waals surface area (Å²) in [6.07, 6.45) is 2.65. The van der Waals surface area contributed by atoms with Crippen LogP contribution in [0.25, 0.3) is 0 Å². The predicted molar refractivity (Wildman–Crippen MR) is 57.7 cm³/mol. The smallest absolute Gasteiger partial charge is 0.127 e. The van der Waals surface area contributed by atoms with Crippen molar-refractivity contribution < 1.29 is 14.6 Å². The zero-order chi connectivity index (χ0) is 11.3. The van der Waals surface area contributed by atoms with Crippen molar-refractivity contribution in [1.29, 1.82) is 0 Å². The minimum atomic E-state index is -0.267. The Labute approximate surface area is 91.2 Å². The van der Waals surface area contributed by atoms with Crippen molar-refractivity contribution in [2.45, 2.75) is 25.8 Å². The summed E-state index contributed by atoms with van der Waals surface area (Å²) >= 11 is 0. The molecular formula is C11H21NO3. The number of carbonyl (C=O) groups is 1.